The zero-order valence-corrected chi connectivity index (χ0v) is 28.7. The predicted molar refractivity (Wildman–Crippen MR) is 178 cm³/mol. The molecule has 0 bridgehead atoms. The van der Waals surface area contributed by atoms with Crippen molar-refractivity contribution in [1.82, 2.24) is 0 Å². The third-order valence-corrected chi connectivity index (χ3v) is 8.11. The largest absolute Gasteiger partial charge is 0.462 e. The van der Waals surface area contributed by atoms with Gasteiger partial charge in [-0.15, -0.1) is 0 Å². The van der Waals surface area contributed by atoms with E-state index >= 15 is 0 Å². The fourth-order valence-corrected chi connectivity index (χ4v) is 5.26. The number of esters is 3. The van der Waals surface area contributed by atoms with Crippen LogP contribution in [0.1, 0.15) is 201 Å². The van der Waals surface area contributed by atoms with Crippen molar-refractivity contribution in [3.05, 3.63) is 0 Å². The van der Waals surface area contributed by atoms with Crippen LogP contribution in [0.5, 0.6) is 0 Å². The van der Waals surface area contributed by atoms with E-state index in [-0.39, 0.29) is 31.1 Å². The monoisotopic (exact) mass is 611 g/mol. The number of ether oxygens (including phenoxy) is 3. The molecule has 0 radical (unpaired) electrons. The highest BCUT2D eigenvalue weighted by molar-refractivity contribution is 5.71. The van der Waals surface area contributed by atoms with Gasteiger partial charge in [0.15, 0.2) is 6.10 Å². The van der Waals surface area contributed by atoms with Crippen molar-refractivity contribution < 1.29 is 28.6 Å². The minimum atomic E-state index is -0.753. The smallest absolute Gasteiger partial charge is 0.306 e. The molecule has 6 heteroatoms. The first-order chi connectivity index (χ1) is 21.0. The number of hydrogen-bond donors (Lipinski definition) is 0. The molecular formula is C37H70O6. The van der Waals surface area contributed by atoms with Crippen molar-refractivity contribution in [3.8, 4) is 0 Å². The van der Waals surface area contributed by atoms with Crippen LogP contribution in [0.15, 0.2) is 0 Å². The molecule has 0 heterocycles. The Morgan fingerprint density at radius 1 is 0.372 bits per heavy atom. The minimum Gasteiger partial charge on any atom is -0.462 e. The third kappa shape index (κ3) is 31.6. The Labute approximate surface area is 266 Å². The molecule has 0 rings (SSSR count). The summed E-state index contributed by atoms with van der Waals surface area (Å²) in [4.78, 5) is 37.1. The highest BCUT2D eigenvalue weighted by atomic mass is 16.6. The van der Waals surface area contributed by atoms with Crippen LogP contribution >= 0.6 is 0 Å². The molecule has 0 aromatic carbocycles. The van der Waals surface area contributed by atoms with Crippen LogP contribution in [0.2, 0.25) is 0 Å². The Balaban J connectivity index is 4.29. The molecule has 0 aliphatic heterocycles. The fraction of sp³-hybridized carbons (Fsp3) is 0.919. The average Bonchev–Trinajstić information content (AvgIpc) is 3.00. The second kappa shape index (κ2) is 33.3. The molecule has 254 valence electrons. The van der Waals surface area contributed by atoms with E-state index in [1.807, 2.05) is 0 Å². The van der Waals surface area contributed by atoms with Gasteiger partial charge in [-0.3, -0.25) is 14.4 Å². The maximum absolute atomic E-state index is 12.5. The van der Waals surface area contributed by atoms with Gasteiger partial charge in [0.25, 0.3) is 0 Å². The minimum absolute atomic E-state index is 0.0651. The molecule has 0 N–H and O–H groups in total. The summed E-state index contributed by atoms with van der Waals surface area (Å²) in [5.41, 5.74) is 0. The van der Waals surface area contributed by atoms with E-state index in [2.05, 4.69) is 20.8 Å². The normalized spacial score (nSPS) is 11.8. The molecule has 0 aliphatic rings. The molecule has 1 unspecified atom stereocenters. The summed E-state index contributed by atoms with van der Waals surface area (Å²) < 4.78 is 16.5. The van der Waals surface area contributed by atoms with Crippen molar-refractivity contribution in [2.45, 2.75) is 207 Å². The standard InChI is InChI=1S/C37H70O6/c1-4-7-10-13-16-18-19-20-22-24-27-30-36(39)42-33-34(32-41-35(38)29-26-23-15-12-9-6-3)43-37(40)31-28-25-21-17-14-11-8-5-2/h34H,4-33H2,1-3H3. The lowest BCUT2D eigenvalue weighted by Gasteiger charge is -2.18. The molecule has 0 saturated carbocycles. The van der Waals surface area contributed by atoms with Gasteiger partial charge in [-0.2, -0.15) is 0 Å². The molecule has 0 aliphatic carbocycles. The number of rotatable bonds is 33. The number of carbonyl (C=O) groups is 3. The molecular weight excluding hydrogens is 540 g/mol. The maximum atomic E-state index is 12.5. The Morgan fingerprint density at radius 3 is 0.930 bits per heavy atom. The van der Waals surface area contributed by atoms with E-state index in [4.69, 9.17) is 14.2 Å². The summed E-state index contributed by atoms with van der Waals surface area (Å²) in [6, 6.07) is 0. The fourth-order valence-electron chi connectivity index (χ4n) is 5.26. The summed E-state index contributed by atoms with van der Waals surface area (Å²) >= 11 is 0. The molecule has 0 fully saturated rings. The van der Waals surface area contributed by atoms with Gasteiger partial charge in [-0.05, 0) is 19.3 Å². The van der Waals surface area contributed by atoms with E-state index in [0.717, 1.165) is 57.8 Å². The molecule has 43 heavy (non-hydrogen) atoms. The van der Waals surface area contributed by atoms with Crippen LogP contribution in [0.4, 0.5) is 0 Å². The first kappa shape index (κ1) is 41.4. The van der Waals surface area contributed by atoms with Gasteiger partial charge in [0.2, 0.25) is 0 Å². The molecule has 1 atom stereocenters. The first-order valence-electron chi connectivity index (χ1n) is 18.5. The van der Waals surface area contributed by atoms with Crippen LogP contribution in [0.3, 0.4) is 0 Å². The summed E-state index contributed by atoms with van der Waals surface area (Å²) in [6.07, 6.45) is 29.6. The second-order valence-corrected chi connectivity index (χ2v) is 12.5. The highest BCUT2D eigenvalue weighted by Crippen LogP contribution is 2.14. The molecule has 0 amide bonds. The lowest BCUT2D eigenvalue weighted by atomic mass is 10.1. The van der Waals surface area contributed by atoms with Gasteiger partial charge in [0, 0.05) is 19.3 Å². The number of unbranched alkanes of at least 4 members (excludes halogenated alkanes) is 22. The van der Waals surface area contributed by atoms with E-state index in [0.29, 0.717) is 19.3 Å². The van der Waals surface area contributed by atoms with Crippen LogP contribution in [0.25, 0.3) is 0 Å². The summed E-state index contributed by atoms with van der Waals surface area (Å²) in [5, 5.41) is 0. The topological polar surface area (TPSA) is 78.9 Å². The Hall–Kier alpha value is -1.59. The van der Waals surface area contributed by atoms with Crippen LogP contribution in [-0.4, -0.2) is 37.2 Å². The van der Waals surface area contributed by atoms with Crippen molar-refractivity contribution in [3.63, 3.8) is 0 Å². The Morgan fingerprint density at radius 2 is 0.628 bits per heavy atom. The molecule has 0 aromatic heterocycles. The zero-order chi connectivity index (χ0) is 31.6. The molecule has 0 spiro atoms. The van der Waals surface area contributed by atoms with E-state index in [1.165, 1.54) is 103 Å². The Kier molecular flexibility index (Phi) is 32.1. The van der Waals surface area contributed by atoms with Gasteiger partial charge in [0.05, 0.1) is 0 Å². The van der Waals surface area contributed by atoms with Crippen molar-refractivity contribution in [2.24, 2.45) is 0 Å². The van der Waals surface area contributed by atoms with Crippen molar-refractivity contribution in [1.29, 1.82) is 0 Å². The first-order valence-corrected chi connectivity index (χ1v) is 18.5. The van der Waals surface area contributed by atoms with Crippen LogP contribution in [0, 0.1) is 0 Å². The predicted octanol–water partition coefficient (Wildman–Crippen LogP) is 11.0. The maximum Gasteiger partial charge on any atom is 0.306 e. The lowest BCUT2D eigenvalue weighted by Crippen LogP contribution is -2.30. The second-order valence-electron chi connectivity index (χ2n) is 12.5. The van der Waals surface area contributed by atoms with Crippen LogP contribution < -0.4 is 0 Å². The number of carbonyl (C=O) groups excluding carboxylic acids is 3. The van der Waals surface area contributed by atoms with Crippen molar-refractivity contribution in [2.75, 3.05) is 13.2 Å². The van der Waals surface area contributed by atoms with E-state index < -0.39 is 6.10 Å². The molecule has 0 aromatic rings. The zero-order valence-electron chi connectivity index (χ0n) is 28.7. The SMILES string of the molecule is CCCCCCCCCCCCCC(=O)OCC(COC(=O)CCCCCCCC)OC(=O)CCCCCCCCCC. The third-order valence-electron chi connectivity index (χ3n) is 8.11. The lowest BCUT2D eigenvalue weighted by molar-refractivity contribution is -0.167. The average molecular weight is 611 g/mol. The Bertz CT molecular complexity index is 635. The van der Waals surface area contributed by atoms with Gasteiger partial charge in [-0.1, -0.05) is 162 Å². The molecule has 6 nitrogen and oxygen atoms in total. The van der Waals surface area contributed by atoms with Gasteiger partial charge in [-0.25, -0.2) is 0 Å². The van der Waals surface area contributed by atoms with E-state index in [1.54, 1.807) is 0 Å². The quantitative estimate of drug-likeness (QED) is 0.0418. The molecule has 0 saturated heterocycles. The van der Waals surface area contributed by atoms with Crippen molar-refractivity contribution >= 4 is 17.9 Å². The summed E-state index contributed by atoms with van der Waals surface area (Å²) in [5.74, 6) is -0.880. The number of hydrogen-bond acceptors (Lipinski definition) is 6. The van der Waals surface area contributed by atoms with Gasteiger partial charge in [0.1, 0.15) is 13.2 Å². The van der Waals surface area contributed by atoms with Crippen LogP contribution in [-0.2, 0) is 28.6 Å². The summed E-state index contributed by atoms with van der Waals surface area (Å²) in [6.45, 7) is 6.52. The summed E-state index contributed by atoms with van der Waals surface area (Å²) in [7, 11) is 0. The van der Waals surface area contributed by atoms with Gasteiger partial charge >= 0.3 is 17.9 Å². The van der Waals surface area contributed by atoms with Gasteiger partial charge < -0.3 is 14.2 Å². The highest BCUT2D eigenvalue weighted by Gasteiger charge is 2.19. The van der Waals surface area contributed by atoms with E-state index in [9.17, 15) is 14.4 Å².